The van der Waals surface area contributed by atoms with E-state index in [-0.39, 0.29) is 21.2 Å². The minimum absolute atomic E-state index is 0.0128. The SMILES string of the molecule is CCN(CC)c1ccc(S(=O)(=O)N(CC)CC)cc1NC(=O)c1cc(F)c(F)cc1Cl. The van der Waals surface area contributed by atoms with Crippen molar-refractivity contribution >= 4 is 38.9 Å². The quantitative estimate of drug-likeness (QED) is 0.534. The van der Waals surface area contributed by atoms with Crippen LogP contribution in [0.25, 0.3) is 0 Å². The molecule has 0 spiro atoms. The van der Waals surface area contributed by atoms with Gasteiger partial charge in [-0.1, -0.05) is 25.4 Å². The summed E-state index contributed by atoms with van der Waals surface area (Å²) < 4.78 is 54.2. The van der Waals surface area contributed by atoms with Crippen LogP contribution in [0.3, 0.4) is 0 Å². The van der Waals surface area contributed by atoms with Gasteiger partial charge < -0.3 is 10.2 Å². The maximum atomic E-state index is 13.7. The highest BCUT2D eigenvalue weighted by molar-refractivity contribution is 7.89. The summed E-state index contributed by atoms with van der Waals surface area (Å²) in [4.78, 5) is 14.7. The third-order valence-electron chi connectivity index (χ3n) is 4.92. The maximum absolute atomic E-state index is 13.7. The summed E-state index contributed by atoms with van der Waals surface area (Å²) in [5, 5.41) is 2.36. The molecule has 2 aromatic rings. The molecule has 0 heterocycles. The number of anilines is 2. The Morgan fingerprint density at radius 1 is 0.968 bits per heavy atom. The van der Waals surface area contributed by atoms with Gasteiger partial charge in [0.1, 0.15) is 0 Å². The first kappa shape index (κ1) is 25.0. The normalized spacial score (nSPS) is 11.6. The van der Waals surface area contributed by atoms with Gasteiger partial charge in [-0.25, -0.2) is 17.2 Å². The topological polar surface area (TPSA) is 69.7 Å². The van der Waals surface area contributed by atoms with Crippen molar-refractivity contribution in [2.45, 2.75) is 32.6 Å². The van der Waals surface area contributed by atoms with Crippen LogP contribution in [0.15, 0.2) is 35.2 Å². The molecule has 2 rings (SSSR count). The van der Waals surface area contributed by atoms with Crippen molar-refractivity contribution in [2.24, 2.45) is 0 Å². The fourth-order valence-corrected chi connectivity index (χ4v) is 4.94. The van der Waals surface area contributed by atoms with Crippen LogP contribution < -0.4 is 10.2 Å². The van der Waals surface area contributed by atoms with Crippen LogP contribution in [0.2, 0.25) is 5.02 Å². The van der Waals surface area contributed by atoms with E-state index in [4.69, 9.17) is 11.6 Å². The van der Waals surface area contributed by atoms with E-state index in [1.165, 1.54) is 16.4 Å². The average Bonchev–Trinajstić information content (AvgIpc) is 2.73. The van der Waals surface area contributed by atoms with Gasteiger partial charge in [-0.05, 0) is 44.2 Å². The zero-order valence-corrected chi connectivity index (χ0v) is 19.4. The zero-order chi connectivity index (χ0) is 23.3. The number of carbonyl (C=O) groups excluding carboxylic acids is 1. The Kier molecular flexibility index (Phi) is 8.39. The van der Waals surface area contributed by atoms with E-state index in [0.29, 0.717) is 37.9 Å². The largest absolute Gasteiger partial charge is 0.370 e. The van der Waals surface area contributed by atoms with Crippen LogP contribution in [0.4, 0.5) is 20.2 Å². The van der Waals surface area contributed by atoms with Crippen LogP contribution in [0.5, 0.6) is 0 Å². The summed E-state index contributed by atoms with van der Waals surface area (Å²) in [6.45, 7) is 9.11. The number of hydrogen-bond acceptors (Lipinski definition) is 4. The molecule has 0 aromatic heterocycles. The van der Waals surface area contributed by atoms with Crippen LogP contribution in [-0.4, -0.2) is 44.8 Å². The van der Waals surface area contributed by atoms with Gasteiger partial charge >= 0.3 is 0 Å². The lowest BCUT2D eigenvalue weighted by molar-refractivity contribution is 0.102. The number of halogens is 3. The van der Waals surface area contributed by atoms with Gasteiger partial charge in [0, 0.05) is 26.2 Å². The minimum Gasteiger partial charge on any atom is -0.370 e. The van der Waals surface area contributed by atoms with Gasteiger partial charge in [0.25, 0.3) is 5.91 Å². The number of carbonyl (C=O) groups is 1. The second kappa shape index (κ2) is 10.4. The lowest BCUT2D eigenvalue weighted by atomic mass is 10.1. The number of nitrogens with zero attached hydrogens (tertiary/aromatic N) is 2. The fraction of sp³-hybridized carbons (Fsp3) is 0.381. The average molecular weight is 474 g/mol. The van der Waals surface area contributed by atoms with Gasteiger partial charge in [-0.15, -0.1) is 0 Å². The summed E-state index contributed by atoms with van der Waals surface area (Å²) in [5.41, 5.74) is 0.557. The summed E-state index contributed by atoms with van der Waals surface area (Å²) in [5.74, 6) is -3.16. The molecule has 0 atom stereocenters. The highest BCUT2D eigenvalue weighted by Gasteiger charge is 2.24. The van der Waals surface area contributed by atoms with Gasteiger partial charge in [0.15, 0.2) is 11.6 Å². The van der Waals surface area contributed by atoms with E-state index in [9.17, 15) is 22.0 Å². The molecule has 0 aliphatic heterocycles. The first-order valence-electron chi connectivity index (χ1n) is 9.95. The van der Waals surface area contributed by atoms with Crippen LogP contribution in [0, 0.1) is 11.6 Å². The lowest BCUT2D eigenvalue weighted by Crippen LogP contribution is -2.31. The van der Waals surface area contributed by atoms with E-state index in [1.807, 2.05) is 18.7 Å². The Hall–Kier alpha value is -2.23. The third-order valence-corrected chi connectivity index (χ3v) is 7.28. The number of rotatable bonds is 9. The molecular weight excluding hydrogens is 448 g/mol. The van der Waals surface area contributed by atoms with Crippen LogP contribution in [-0.2, 0) is 10.0 Å². The number of nitrogens with one attached hydrogen (secondary N) is 1. The maximum Gasteiger partial charge on any atom is 0.257 e. The molecule has 0 saturated carbocycles. The summed E-state index contributed by atoms with van der Waals surface area (Å²) in [7, 11) is -3.77. The second-order valence-electron chi connectivity index (χ2n) is 6.64. The van der Waals surface area contributed by atoms with Crippen LogP contribution >= 0.6 is 11.6 Å². The lowest BCUT2D eigenvalue weighted by Gasteiger charge is -2.26. The molecule has 10 heteroatoms. The van der Waals surface area contributed by atoms with Crippen molar-refractivity contribution in [2.75, 3.05) is 36.4 Å². The van der Waals surface area contributed by atoms with Crippen molar-refractivity contribution in [3.8, 4) is 0 Å². The summed E-state index contributed by atoms with van der Waals surface area (Å²) in [6.07, 6.45) is 0. The van der Waals surface area contributed by atoms with Gasteiger partial charge in [-0.2, -0.15) is 4.31 Å². The fourth-order valence-electron chi connectivity index (χ4n) is 3.21. The number of hydrogen-bond donors (Lipinski definition) is 1. The van der Waals surface area contributed by atoms with E-state index in [2.05, 4.69) is 5.32 Å². The minimum atomic E-state index is -3.77. The molecule has 0 radical (unpaired) electrons. The second-order valence-corrected chi connectivity index (χ2v) is 8.99. The molecule has 0 aliphatic rings. The van der Waals surface area contributed by atoms with Crippen molar-refractivity contribution in [1.82, 2.24) is 4.31 Å². The predicted molar refractivity (Wildman–Crippen MR) is 119 cm³/mol. The summed E-state index contributed by atoms with van der Waals surface area (Å²) >= 11 is 5.92. The highest BCUT2D eigenvalue weighted by Crippen LogP contribution is 2.31. The standard InChI is InChI=1S/C21H26ClF2N3O3S/c1-5-26(6-2)20-10-9-14(31(29,30)27(7-3)8-4)11-19(20)25-21(28)15-12-17(23)18(24)13-16(15)22/h9-13H,5-8H2,1-4H3,(H,25,28). The van der Waals surface area contributed by atoms with Crippen LogP contribution in [0.1, 0.15) is 38.1 Å². The first-order chi connectivity index (χ1) is 14.6. The number of sulfonamides is 1. The van der Waals surface area contributed by atoms with Crippen molar-refractivity contribution in [3.63, 3.8) is 0 Å². The molecule has 1 amide bonds. The molecule has 0 bridgehead atoms. The molecule has 0 unspecified atom stereocenters. The molecule has 0 fully saturated rings. The highest BCUT2D eigenvalue weighted by atomic mass is 35.5. The monoisotopic (exact) mass is 473 g/mol. The van der Waals surface area contributed by atoms with Gasteiger partial charge in [0.05, 0.1) is 26.9 Å². The molecule has 0 aliphatic carbocycles. The van der Waals surface area contributed by atoms with Gasteiger partial charge in [0.2, 0.25) is 10.0 Å². The Morgan fingerprint density at radius 2 is 1.55 bits per heavy atom. The number of amides is 1. The first-order valence-corrected chi connectivity index (χ1v) is 11.8. The Bertz CT molecular complexity index is 1060. The third kappa shape index (κ3) is 5.34. The Labute approximate surface area is 186 Å². The van der Waals surface area contributed by atoms with Gasteiger partial charge in [-0.3, -0.25) is 4.79 Å². The molecule has 0 saturated heterocycles. The molecule has 170 valence electrons. The predicted octanol–water partition coefficient (Wildman–Crippen LogP) is 4.75. The van der Waals surface area contributed by atoms with E-state index in [0.717, 1.165) is 6.07 Å². The van der Waals surface area contributed by atoms with E-state index < -0.39 is 27.6 Å². The summed E-state index contributed by atoms with van der Waals surface area (Å²) in [6, 6.07) is 5.90. The zero-order valence-electron chi connectivity index (χ0n) is 17.9. The Balaban J connectivity index is 2.57. The van der Waals surface area contributed by atoms with E-state index >= 15 is 0 Å². The van der Waals surface area contributed by atoms with Crippen molar-refractivity contribution in [3.05, 3.63) is 52.6 Å². The molecule has 2 aromatic carbocycles. The molecule has 6 nitrogen and oxygen atoms in total. The molecular formula is C21H26ClF2N3O3S. The van der Waals surface area contributed by atoms with Crippen molar-refractivity contribution < 1.29 is 22.0 Å². The molecule has 31 heavy (non-hydrogen) atoms. The number of benzene rings is 2. The van der Waals surface area contributed by atoms with Crippen molar-refractivity contribution in [1.29, 1.82) is 0 Å². The Morgan fingerprint density at radius 3 is 2.10 bits per heavy atom. The smallest absolute Gasteiger partial charge is 0.257 e. The molecule has 1 N–H and O–H groups in total. The van der Waals surface area contributed by atoms with E-state index in [1.54, 1.807) is 19.9 Å².